The van der Waals surface area contributed by atoms with Crippen LogP contribution in [0.3, 0.4) is 0 Å². The Hall–Kier alpha value is -2.46. The first kappa shape index (κ1) is 16.4. The quantitative estimate of drug-likeness (QED) is 0.798. The van der Waals surface area contributed by atoms with Crippen LogP contribution in [0, 0.1) is 63.6 Å². The summed E-state index contributed by atoms with van der Waals surface area (Å²) in [5, 5.41) is 37.8. The highest BCUT2D eigenvalue weighted by molar-refractivity contribution is 7.12. The Labute approximate surface area is 145 Å². The third-order valence-electron chi connectivity index (χ3n) is 5.04. The summed E-state index contributed by atoms with van der Waals surface area (Å²) in [6, 6.07) is 10.3. The van der Waals surface area contributed by atoms with Crippen LogP contribution in [0.15, 0.2) is 23.8 Å². The smallest absolute Gasteiger partial charge is 0.190 e. The van der Waals surface area contributed by atoms with E-state index in [9.17, 15) is 15.8 Å². The van der Waals surface area contributed by atoms with Gasteiger partial charge in [0.05, 0.1) is 23.9 Å². The number of thiophene rings is 1. The molecule has 0 bridgehead atoms. The molecule has 1 saturated carbocycles. The third kappa shape index (κ3) is 2.18. The molecule has 0 amide bonds. The van der Waals surface area contributed by atoms with Crippen molar-refractivity contribution in [3.8, 4) is 18.2 Å². The van der Waals surface area contributed by atoms with Gasteiger partial charge in [-0.3, -0.25) is 0 Å². The number of aryl methyl sites for hydroxylation is 1. The molecule has 0 radical (unpaired) electrons. The van der Waals surface area contributed by atoms with Gasteiger partial charge in [-0.15, -0.1) is 11.3 Å². The van der Waals surface area contributed by atoms with Crippen molar-refractivity contribution in [2.75, 3.05) is 20.1 Å². The highest BCUT2D eigenvalue weighted by Gasteiger charge is 2.57. The summed E-state index contributed by atoms with van der Waals surface area (Å²) < 4.78 is 0. The molecule has 1 aliphatic heterocycles. The number of likely N-dealkylation sites (N-methyl/N-ethyl adjacent to an activating group) is 1. The van der Waals surface area contributed by atoms with E-state index >= 15 is 0 Å². The maximum Gasteiger partial charge on any atom is 0.190 e. The molecular weight excluding hydrogens is 318 g/mol. The summed E-state index contributed by atoms with van der Waals surface area (Å²) in [5.74, 6) is -1.28. The van der Waals surface area contributed by atoms with Crippen molar-refractivity contribution in [1.29, 1.82) is 21.2 Å². The van der Waals surface area contributed by atoms with Gasteiger partial charge in [0.1, 0.15) is 5.92 Å². The second kappa shape index (κ2) is 5.87. The van der Waals surface area contributed by atoms with E-state index in [1.807, 2.05) is 32.2 Å². The first-order valence-electron chi connectivity index (χ1n) is 7.74. The summed E-state index contributed by atoms with van der Waals surface area (Å²) in [6.45, 7) is 3.40. The summed E-state index contributed by atoms with van der Waals surface area (Å²) in [5.41, 5.74) is -0.756. The van der Waals surface area contributed by atoms with Gasteiger partial charge in [0.2, 0.25) is 0 Å². The molecule has 1 aliphatic carbocycles. The highest BCUT2D eigenvalue weighted by Crippen LogP contribution is 2.54. The molecule has 1 fully saturated rings. The van der Waals surface area contributed by atoms with E-state index in [0.29, 0.717) is 6.54 Å². The molecule has 3 rings (SSSR count). The zero-order valence-corrected chi connectivity index (χ0v) is 14.4. The Bertz CT molecular complexity index is 830. The van der Waals surface area contributed by atoms with Crippen molar-refractivity contribution < 1.29 is 0 Å². The molecule has 6 heteroatoms. The zero-order chi connectivity index (χ0) is 17.5. The number of hydrogen-bond acceptors (Lipinski definition) is 6. The minimum absolute atomic E-state index is 0.0712. The molecular formula is C18H17N5S. The van der Waals surface area contributed by atoms with Crippen LogP contribution in [0.2, 0.25) is 0 Å². The molecule has 24 heavy (non-hydrogen) atoms. The minimum atomic E-state index is -1.59. The second-order valence-electron chi connectivity index (χ2n) is 6.47. The van der Waals surface area contributed by atoms with E-state index in [4.69, 9.17) is 5.41 Å². The Morgan fingerprint density at radius 1 is 1.29 bits per heavy atom. The summed E-state index contributed by atoms with van der Waals surface area (Å²) in [4.78, 5) is 4.19. The van der Waals surface area contributed by atoms with Crippen molar-refractivity contribution in [3.63, 3.8) is 0 Å². The Morgan fingerprint density at radius 3 is 2.54 bits per heavy atom. The predicted octanol–water partition coefficient (Wildman–Crippen LogP) is 2.83. The summed E-state index contributed by atoms with van der Waals surface area (Å²) >= 11 is 1.57. The van der Waals surface area contributed by atoms with Crippen LogP contribution in [0.1, 0.15) is 15.7 Å². The van der Waals surface area contributed by atoms with Crippen molar-refractivity contribution >= 4 is 17.0 Å². The van der Waals surface area contributed by atoms with Gasteiger partial charge in [-0.25, -0.2) is 0 Å². The molecule has 0 spiro atoms. The molecule has 0 saturated heterocycles. The average Bonchev–Trinajstić information content (AvgIpc) is 3.00. The fraction of sp³-hybridized carbons (Fsp3) is 0.444. The third-order valence-corrected chi connectivity index (χ3v) is 6.12. The number of fused-ring (bicyclic) bond motifs is 1. The molecule has 1 aromatic heterocycles. The van der Waals surface area contributed by atoms with Crippen molar-refractivity contribution in [1.82, 2.24) is 4.90 Å². The van der Waals surface area contributed by atoms with E-state index in [-0.39, 0.29) is 11.6 Å². The molecule has 0 unspecified atom stereocenters. The van der Waals surface area contributed by atoms with E-state index in [1.165, 1.54) is 0 Å². The highest BCUT2D eigenvalue weighted by atomic mass is 32.1. The van der Waals surface area contributed by atoms with Gasteiger partial charge in [-0.1, -0.05) is 6.08 Å². The minimum Gasteiger partial charge on any atom is -0.305 e. The molecule has 5 nitrogen and oxygen atoms in total. The topological polar surface area (TPSA) is 98.5 Å². The number of nitrogens with zero attached hydrogens (tertiary/aromatic N) is 4. The normalized spacial score (nSPS) is 28.9. The molecule has 120 valence electrons. The van der Waals surface area contributed by atoms with Crippen LogP contribution >= 0.6 is 11.3 Å². The van der Waals surface area contributed by atoms with Crippen LogP contribution in [-0.2, 0) is 0 Å². The van der Waals surface area contributed by atoms with E-state index in [1.54, 1.807) is 11.3 Å². The monoisotopic (exact) mass is 335 g/mol. The maximum atomic E-state index is 9.87. The average molecular weight is 335 g/mol. The van der Waals surface area contributed by atoms with Crippen molar-refractivity contribution in [2.45, 2.75) is 12.8 Å². The molecule has 2 heterocycles. The number of nitrogens with one attached hydrogen (secondary N) is 1. The van der Waals surface area contributed by atoms with E-state index in [0.717, 1.165) is 21.9 Å². The number of hydrogen-bond donors (Lipinski definition) is 1. The van der Waals surface area contributed by atoms with Crippen molar-refractivity contribution in [3.05, 3.63) is 33.5 Å². The Kier molecular flexibility index (Phi) is 4.01. The van der Waals surface area contributed by atoms with Gasteiger partial charge in [-0.2, -0.15) is 15.8 Å². The maximum absolute atomic E-state index is 9.87. The standard InChI is InChI=1S/C18H17N5S/c1-11-3-4-15(24-11)16-14-8-23(2)6-5-12(14)13(7-19)17(22)18(16,9-20)10-21/h3-5,13-14,16,22H,6,8H2,1-2H3/t13-,14-,16-/m0/s1. The van der Waals surface area contributed by atoms with E-state index in [2.05, 4.69) is 23.1 Å². The summed E-state index contributed by atoms with van der Waals surface area (Å²) in [6.07, 6.45) is 2.00. The molecule has 1 aromatic rings. The fourth-order valence-electron chi connectivity index (χ4n) is 3.88. The van der Waals surface area contributed by atoms with Gasteiger partial charge >= 0.3 is 0 Å². The lowest BCUT2D eigenvalue weighted by Crippen LogP contribution is -2.52. The fourth-order valence-corrected chi connectivity index (χ4v) is 4.99. The molecule has 1 N–H and O–H groups in total. The molecule has 0 aromatic carbocycles. The lowest BCUT2D eigenvalue weighted by atomic mass is 9.55. The predicted molar refractivity (Wildman–Crippen MR) is 91.4 cm³/mol. The molecule has 2 aliphatic rings. The van der Waals surface area contributed by atoms with E-state index < -0.39 is 17.3 Å². The Balaban J connectivity index is 2.26. The van der Waals surface area contributed by atoms with Gasteiger partial charge in [0, 0.05) is 34.7 Å². The SMILES string of the molecule is Cc1ccc([C@@H]2[C@H]3CN(C)CC=C3[C@H](C#N)C(=N)C2(C#N)C#N)s1. The largest absolute Gasteiger partial charge is 0.305 e. The van der Waals surface area contributed by atoms with Gasteiger partial charge in [0.15, 0.2) is 5.41 Å². The second-order valence-corrected chi connectivity index (χ2v) is 7.78. The van der Waals surface area contributed by atoms with Crippen molar-refractivity contribution in [2.24, 2.45) is 17.3 Å². The first-order valence-corrected chi connectivity index (χ1v) is 8.56. The molecule has 3 atom stereocenters. The van der Waals surface area contributed by atoms with Crippen LogP contribution in [0.4, 0.5) is 0 Å². The lowest BCUT2D eigenvalue weighted by molar-refractivity contribution is 0.237. The zero-order valence-electron chi connectivity index (χ0n) is 13.6. The number of nitriles is 3. The van der Waals surface area contributed by atoms with Crippen LogP contribution in [-0.4, -0.2) is 30.7 Å². The van der Waals surface area contributed by atoms with Crippen LogP contribution in [0.25, 0.3) is 0 Å². The van der Waals surface area contributed by atoms with Gasteiger partial charge < -0.3 is 10.3 Å². The number of rotatable bonds is 1. The van der Waals surface area contributed by atoms with Crippen LogP contribution < -0.4 is 0 Å². The Morgan fingerprint density at radius 2 is 2.00 bits per heavy atom. The van der Waals surface area contributed by atoms with Crippen LogP contribution in [0.5, 0.6) is 0 Å². The summed E-state index contributed by atoms with van der Waals surface area (Å²) in [7, 11) is 1.99. The lowest BCUT2D eigenvalue weighted by Gasteiger charge is -2.46. The first-order chi connectivity index (χ1) is 11.5. The van der Waals surface area contributed by atoms with Gasteiger partial charge in [0.25, 0.3) is 0 Å². The van der Waals surface area contributed by atoms with Gasteiger partial charge in [-0.05, 0) is 31.7 Å².